The van der Waals surface area contributed by atoms with Gasteiger partial charge in [-0.3, -0.25) is 0 Å². The molecule has 0 aliphatic heterocycles. The number of fused-ring (bicyclic) bond motifs is 5. The summed E-state index contributed by atoms with van der Waals surface area (Å²) in [5, 5.41) is 33.0. The van der Waals surface area contributed by atoms with Gasteiger partial charge in [-0.1, -0.05) is 66.0 Å². The van der Waals surface area contributed by atoms with E-state index in [4.69, 9.17) is 0 Å². The smallest absolute Gasteiger partial charge is 0.102 e. The fourth-order valence-corrected chi connectivity index (χ4v) is 8.58. The first-order valence-corrected chi connectivity index (χ1v) is 13.2. The fourth-order valence-electron chi connectivity index (χ4n) is 8.58. The molecular formula is C28H48O3. The molecule has 10 atom stereocenters. The van der Waals surface area contributed by atoms with E-state index in [2.05, 4.69) is 41.5 Å². The summed E-state index contributed by atoms with van der Waals surface area (Å²) in [6.07, 6.45) is 10.1. The van der Waals surface area contributed by atoms with Crippen LogP contribution in [0.25, 0.3) is 0 Å². The fraction of sp³-hybridized carbons (Fsp3) is 0.929. The van der Waals surface area contributed by atoms with Gasteiger partial charge < -0.3 is 15.3 Å². The molecular weight excluding hydrogens is 384 g/mol. The molecule has 0 bridgehead atoms. The Balaban J connectivity index is 1.57. The molecule has 3 nitrogen and oxygen atoms in total. The molecule has 0 aromatic carbocycles. The maximum Gasteiger partial charge on any atom is 0.102 e. The summed E-state index contributed by atoms with van der Waals surface area (Å²) in [6, 6.07) is 0. The Kier molecular flexibility index (Phi) is 6.24. The van der Waals surface area contributed by atoms with Crippen LogP contribution < -0.4 is 0 Å². The predicted molar refractivity (Wildman–Crippen MR) is 126 cm³/mol. The zero-order valence-electron chi connectivity index (χ0n) is 20.9. The Morgan fingerprint density at radius 1 is 0.935 bits per heavy atom. The summed E-state index contributed by atoms with van der Waals surface area (Å²) in [6.45, 7) is 14.3. The number of aliphatic hydroxyl groups excluding tert-OH is 2. The minimum absolute atomic E-state index is 0.306. The zero-order chi connectivity index (χ0) is 22.8. The first-order chi connectivity index (χ1) is 14.4. The lowest BCUT2D eigenvalue weighted by atomic mass is 9.45. The molecule has 31 heavy (non-hydrogen) atoms. The normalized spacial score (nSPS) is 49.1. The van der Waals surface area contributed by atoms with Gasteiger partial charge in [-0.15, -0.1) is 0 Å². The van der Waals surface area contributed by atoms with Crippen molar-refractivity contribution < 1.29 is 15.3 Å². The first kappa shape index (κ1) is 23.8. The molecule has 0 aromatic rings. The van der Waals surface area contributed by atoms with Crippen molar-refractivity contribution in [3.05, 3.63) is 11.6 Å². The van der Waals surface area contributed by atoms with Gasteiger partial charge in [0.05, 0.1) is 6.10 Å². The molecule has 0 aromatic heterocycles. The second kappa shape index (κ2) is 8.13. The van der Waals surface area contributed by atoms with Gasteiger partial charge in [0.2, 0.25) is 0 Å². The van der Waals surface area contributed by atoms with Gasteiger partial charge in [0.25, 0.3) is 0 Å². The number of rotatable bonds is 5. The van der Waals surface area contributed by atoms with Crippen molar-refractivity contribution in [2.24, 2.45) is 46.3 Å². The maximum absolute atomic E-state index is 11.6. The zero-order valence-corrected chi connectivity index (χ0v) is 20.9. The third-order valence-electron chi connectivity index (χ3n) is 11.2. The van der Waals surface area contributed by atoms with Gasteiger partial charge in [-0.2, -0.15) is 0 Å². The monoisotopic (exact) mass is 432 g/mol. The SMILES string of the molecule is CC(C)C(C)CC[C@@H](C)[C@H]1CC[C@H]2C3=C[C@@H](O)[C@@]4(O)C[C@@H](O)CC[C@]4(C)[C@H]3CC[C@]12C. The summed E-state index contributed by atoms with van der Waals surface area (Å²) < 4.78 is 0. The van der Waals surface area contributed by atoms with Gasteiger partial charge in [-0.05, 0) is 79.4 Å². The van der Waals surface area contributed by atoms with E-state index in [-0.39, 0.29) is 5.41 Å². The summed E-state index contributed by atoms with van der Waals surface area (Å²) in [7, 11) is 0. The lowest BCUT2D eigenvalue weighted by Crippen LogP contribution is -2.65. The number of allylic oxidation sites excluding steroid dienone is 1. The minimum atomic E-state index is -1.19. The second-order valence-corrected chi connectivity index (χ2v) is 13.0. The topological polar surface area (TPSA) is 60.7 Å². The highest BCUT2D eigenvalue weighted by atomic mass is 16.3. The van der Waals surface area contributed by atoms with E-state index in [0.717, 1.165) is 42.9 Å². The summed E-state index contributed by atoms with van der Waals surface area (Å²) in [4.78, 5) is 0. The first-order valence-electron chi connectivity index (χ1n) is 13.2. The number of hydrogen-bond acceptors (Lipinski definition) is 3. The summed E-state index contributed by atoms with van der Waals surface area (Å²) in [5.74, 6) is 3.96. The lowest BCUT2D eigenvalue weighted by Gasteiger charge is -2.62. The van der Waals surface area contributed by atoms with Crippen LogP contribution in [-0.4, -0.2) is 33.1 Å². The Morgan fingerprint density at radius 3 is 2.32 bits per heavy atom. The average Bonchev–Trinajstić information content (AvgIpc) is 3.05. The van der Waals surface area contributed by atoms with Gasteiger partial charge in [-0.25, -0.2) is 0 Å². The Labute approximate surface area is 190 Å². The van der Waals surface area contributed by atoms with E-state index in [9.17, 15) is 15.3 Å². The van der Waals surface area contributed by atoms with Crippen LogP contribution in [0.3, 0.4) is 0 Å². The third-order valence-corrected chi connectivity index (χ3v) is 11.2. The number of aliphatic hydroxyl groups is 3. The minimum Gasteiger partial charge on any atom is -0.393 e. The molecule has 0 radical (unpaired) electrons. The Bertz CT molecular complexity index is 700. The van der Waals surface area contributed by atoms with Crippen molar-refractivity contribution in [2.75, 3.05) is 0 Å². The molecule has 4 aliphatic carbocycles. The standard InChI is InChI=1S/C28H48O3/c1-17(2)18(3)7-8-19(4)22-9-10-23-21-15-25(30)28(31)16-20(29)11-14-27(28,6)24(21)12-13-26(22,23)5/h15,17-20,22-25,29-31H,7-14,16H2,1-6H3/t18?,19-,20+,22-,23+,24+,25-,26-,27-,28+/m1/s1. The van der Waals surface area contributed by atoms with Crippen LogP contribution in [0.2, 0.25) is 0 Å². The molecule has 3 heteroatoms. The van der Waals surface area contributed by atoms with E-state index >= 15 is 0 Å². The Hall–Kier alpha value is -0.380. The van der Waals surface area contributed by atoms with E-state index in [1.807, 2.05) is 6.08 Å². The highest BCUT2D eigenvalue weighted by molar-refractivity contribution is 5.33. The van der Waals surface area contributed by atoms with Crippen molar-refractivity contribution in [3.63, 3.8) is 0 Å². The van der Waals surface area contributed by atoms with Crippen LogP contribution in [0.5, 0.6) is 0 Å². The molecule has 3 saturated carbocycles. The molecule has 0 spiro atoms. The van der Waals surface area contributed by atoms with Crippen LogP contribution in [0.4, 0.5) is 0 Å². The molecule has 3 fully saturated rings. The predicted octanol–water partition coefficient (Wildman–Crippen LogP) is 5.72. The van der Waals surface area contributed by atoms with Crippen LogP contribution in [0.1, 0.15) is 99.3 Å². The molecule has 4 rings (SSSR count). The highest BCUT2D eigenvalue weighted by Crippen LogP contribution is 2.67. The van der Waals surface area contributed by atoms with Crippen LogP contribution in [-0.2, 0) is 0 Å². The van der Waals surface area contributed by atoms with Crippen LogP contribution in [0, 0.1) is 46.3 Å². The van der Waals surface area contributed by atoms with E-state index < -0.39 is 17.8 Å². The largest absolute Gasteiger partial charge is 0.393 e. The van der Waals surface area contributed by atoms with Crippen molar-refractivity contribution in [3.8, 4) is 0 Å². The molecule has 0 heterocycles. The van der Waals surface area contributed by atoms with Gasteiger partial charge in [0.1, 0.15) is 11.7 Å². The van der Waals surface area contributed by atoms with Crippen molar-refractivity contribution in [1.82, 2.24) is 0 Å². The van der Waals surface area contributed by atoms with Crippen LogP contribution >= 0.6 is 0 Å². The van der Waals surface area contributed by atoms with Crippen molar-refractivity contribution in [1.29, 1.82) is 0 Å². The molecule has 4 aliphatic rings. The van der Waals surface area contributed by atoms with Gasteiger partial charge in [0.15, 0.2) is 0 Å². The average molecular weight is 433 g/mol. The molecule has 1 unspecified atom stereocenters. The summed E-state index contributed by atoms with van der Waals surface area (Å²) >= 11 is 0. The molecule has 178 valence electrons. The quantitative estimate of drug-likeness (QED) is 0.487. The van der Waals surface area contributed by atoms with E-state index in [1.165, 1.54) is 37.7 Å². The molecule has 0 saturated heterocycles. The Morgan fingerprint density at radius 2 is 1.65 bits per heavy atom. The van der Waals surface area contributed by atoms with Crippen LogP contribution in [0.15, 0.2) is 11.6 Å². The number of hydrogen-bond donors (Lipinski definition) is 3. The van der Waals surface area contributed by atoms with Gasteiger partial charge >= 0.3 is 0 Å². The summed E-state index contributed by atoms with van der Waals surface area (Å²) in [5.41, 5.74) is 0.260. The van der Waals surface area contributed by atoms with E-state index in [1.54, 1.807) is 0 Å². The van der Waals surface area contributed by atoms with Crippen molar-refractivity contribution >= 4 is 0 Å². The molecule has 0 amide bonds. The van der Waals surface area contributed by atoms with E-state index in [0.29, 0.717) is 23.7 Å². The second-order valence-electron chi connectivity index (χ2n) is 13.0. The van der Waals surface area contributed by atoms with Gasteiger partial charge in [0, 0.05) is 11.8 Å². The molecule has 3 N–H and O–H groups in total. The van der Waals surface area contributed by atoms with Crippen molar-refractivity contribution in [2.45, 2.75) is 117 Å². The maximum atomic E-state index is 11.6. The lowest BCUT2D eigenvalue weighted by molar-refractivity contribution is -0.210. The highest BCUT2D eigenvalue weighted by Gasteiger charge is 2.64. The third kappa shape index (κ3) is 3.56.